The van der Waals surface area contributed by atoms with Gasteiger partial charge < -0.3 is 5.11 Å². The van der Waals surface area contributed by atoms with Crippen molar-refractivity contribution in [2.45, 2.75) is 47.0 Å². The molecule has 0 aliphatic heterocycles. The number of carbonyl (C=O) groups excluding carboxylic acids is 1. The van der Waals surface area contributed by atoms with Crippen molar-refractivity contribution >= 4 is 11.8 Å². The van der Waals surface area contributed by atoms with E-state index in [9.17, 15) is 9.59 Å². The van der Waals surface area contributed by atoms with Gasteiger partial charge in [0.1, 0.15) is 0 Å². The summed E-state index contributed by atoms with van der Waals surface area (Å²) in [6, 6.07) is 0. The number of fused-ring (bicyclic) bond motifs is 2. The van der Waals surface area contributed by atoms with Gasteiger partial charge in [0.2, 0.25) is 0 Å². The van der Waals surface area contributed by atoms with Crippen LogP contribution in [0.15, 0.2) is 11.6 Å². The molecule has 3 nitrogen and oxygen atoms in total. The summed E-state index contributed by atoms with van der Waals surface area (Å²) in [5.41, 5.74) is 0.454. The van der Waals surface area contributed by atoms with E-state index in [2.05, 4.69) is 13.8 Å². The average molecular weight is 250 g/mol. The van der Waals surface area contributed by atoms with Crippen molar-refractivity contribution in [3.05, 3.63) is 11.6 Å². The summed E-state index contributed by atoms with van der Waals surface area (Å²) < 4.78 is 0. The van der Waals surface area contributed by atoms with E-state index < -0.39 is 11.9 Å². The maximum Gasteiger partial charge on any atom is 0.310 e. The van der Waals surface area contributed by atoms with Crippen LogP contribution in [0, 0.1) is 22.7 Å². The molecule has 0 spiro atoms. The first-order valence-corrected chi connectivity index (χ1v) is 6.75. The van der Waals surface area contributed by atoms with Crippen LogP contribution in [-0.4, -0.2) is 16.9 Å². The molecule has 0 heterocycles. The van der Waals surface area contributed by atoms with Crippen LogP contribution in [0.5, 0.6) is 0 Å². The topological polar surface area (TPSA) is 54.4 Å². The van der Waals surface area contributed by atoms with Gasteiger partial charge in [-0.15, -0.1) is 0 Å². The van der Waals surface area contributed by atoms with Gasteiger partial charge in [0.25, 0.3) is 0 Å². The quantitative estimate of drug-likeness (QED) is 0.783. The smallest absolute Gasteiger partial charge is 0.310 e. The third-order valence-corrected chi connectivity index (χ3v) is 5.50. The van der Waals surface area contributed by atoms with E-state index in [1.165, 1.54) is 0 Å². The molecule has 3 heteroatoms. The van der Waals surface area contributed by atoms with Gasteiger partial charge in [-0.25, -0.2) is 0 Å². The highest BCUT2D eigenvalue weighted by Crippen LogP contribution is 2.65. The molecule has 0 amide bonds. The predicted molar refractivity (Wildman–Crippen MR) is 69.1 cm³/mol. The van der Waals surface area contributed by atoms with Gasteiger partial charge in [0.15, 0.2) is 5.78 Å². The molecular formula is C15H22O3. The largest absolute Gasteiger partial charge is 0.481 e. The molecule has 2 aliphatic carbocycles. The highest BCUT2D eigenvalue weighted by Gasteiger charge is 2.63. The summed E-state index contributed by atoms with van der Waals surface area (Å²) in [6.45, 7) is 8.18. The number of carboxylic acids is 1. The third kappa shape index (κ3) is 1.49. The fraction of sp³-hybridized carbons (Fsp3) is 0.733. The Hall–Kier alpha value is -1.12. The van der Waals surface area contributed by atoms with Crippen molar-refractivity contribution < 1.29 is 14.7 Å². The number of aliphatic carboxylic acids is 1. The van der Waals surface area contributed by atoms with E-state index in [1.54, 1.807) is 6.08 Å². The summed E-state index contributed by atoms with van der Waals surface area (Å²) in [5, 5.41) is 9.13. The number of allylic oxidation sites excluding steroid dienone is 1. The van der Waals surface area contributed by atoms with Crippen LogP contribution >= 0.6 is 0 Å². The van der Waals surface area contributed by atoms with Gasteiger partial charge >= 0.3 is 5.97 Å². The zero-order valence-corrected chi connectivity index (χ0v) is 11.6. The maximum absolute atomic E-state index is 12.5. The molecule has 0 radical (unpaired) electrons. The summed E-state index contributed by atoms with van der Waals surface area (Å²) in [6.07, 6.45) is 4.21. The number of carbonyl (C=O) groups is 2. The first-order chi connectivity index (χ1) is 8.25. The molecule has 2 fully saturated rings. The molecule has 100 valence electrons. The minimum Gasteiger partial charge on any atom is -0.481 e. The predicted octanol–water partition coefficient (Wildman–Crippen LogP) is 3.05. The zero-order valence-electron chi connectivity index (χ0n) is 11.6. The Labute approximate surface area is 108 Å². The van der Waals surface area contributed by atoms with Crippen LogP contribution in [-0.2, 0) is 9.59 Å². The standard InChI is InChI=1S/C15H22O3/c1-5-9(13(17)18)8-10-11-6-7-15(4,12(10)16)14(11,2)3/h8-9,11H,5-7H2,1-4H3,(H,17,18)/b10-8+/t9-,11+,15-/m1/s1. The second-order valence-electron chi connectivity index (χ2n) is 6.45. The lowest BCUT2D eigenvalue weighted by molar-refractivity contribution is -0.140. The molecular weight excluding hydrogens is 228 g/mol. The molecule has 2 saturated carbocycles. The van der Waals surface area contributed by atoms with Crippen LogP contribution in [0.4, 0.5) is 0 Å². The molecule has 0 aromatic carbocycles. The maximum atomic E-state index is 12.5. The van der Waals surface area contributed by atoms with E-state index in [-0.39, 0.29) is 22.5 Å². The molecule has 0 aromatic rings. The minimum absolute atomic E-state index is 0.0350. The van der Waals surface area contributed by atoms with E-state index in [4.69, 9.17) is 5.11 Å². The summed E-state index contributed by atoms with van der Waals surface area (Å²) in [5.74, 6) is -0.932. The van der Waals surface area contributed by atoms with E-state index in [0.717, 1.165) is 18.4 Å². The Balaban J connectivity index is 2.41. The third-order valence-electron chi connectivity index (χ3n) is 5.50. The molecule has 1 N–H and O–H groups in total. The van der Waals surface area contributed by atoms with Crippen molar-refractivity contribution in [1.82, 2.24) is 0 Å². The number of hydrogen-bond acceptors (Lipinski definition) is 2. The number of rotatable bonds is 3. The lowest BCUT2D eigenvalue weighted by Gasteiger charge is -2.31. The second kappa shape index (κ2) is 3.94. The molecule has 2 aliphatic rings. The first-order valence-electron chi connectivity index (χ1n) is 6.75. The highest BCUT2D eigenvalue weighted by molar-refractivity contribution is 6.05. The molecule has 2 rings (SSSR count). The Morgan fingerprint density at radius 1 is 1.50 bits per heavy atom. The van der Waals surface area contributed by atoms with Crippen LogP contribution in [0.1, 0.15) is 47.0 Å². The number of carboxylic acid groups (broad SMARTS) is 1. The summed E-state index contributed by atoms with van der Waals surface area (Å²) in [7, 11) is 0. The summed E-state index contributed by atoms with van der Waals surface area (Å²) >= 11 is 0. The lowest BCUT2D eigenvalue weighted by atomic mass is 9.70. The molecule has 0 unspecified atom stereocenters. The van der Waals surface area contributed by atoms with Crippen LogP contribution in [0.25, 0.3) is 0 Å². The average Bonchev–Trinajstić information content (AvgIpc) is 2.59. The fourth-order valence-corrected chi connectivity index (χ4v) is 3.70. The van der Waals surface area contributed by atoms with Gasteiger partial charge in [0.05, 0.1) is 5.92 Å². The molecule has 0 saturated heterocycles. The monoisotopic (exact) mass is 250 g/mol. The zero-order chi connectivity index (χ0) is 13.7. The van der Waals surface area contributed by atoms with E-state index in [1.807, 2.05) is 13.8 Å². The molecule has 2 bridgehead atoms. The first kappa shape index (κ1) is 13.3. The Bertz CT molecular complexity index is 433. The number of ketones is 1. The number of hydrogen-bond donors (Lipinski definition) is 1. The lowest BCUT2D eigenvalue weighted by Crippen LogP contribution is -2.32. The molecule has 3 atom stereocenters. The van der Waals surface area contributed by atoms with Crippen molar-refractivity contribution in [1.29, 1.82) is 0 Å². The Morgan fingerprint density at radius 3 is 2.50 bits per heavy atom. The Kier molecular flexibility index (Phi) is 2.91. The van der Waals surface area contributed by atoms with Crippen LogP contribution in [0.2, 0.25) is 0 Å². The minimum atomic E-state index is -0.830. The van der Waals surface area contributed by atoms with Gasteiger partial charge in [-0.3, -0.25) is 9.59 Å². The van der Waals surface area contributed by atoms with Crippen molar-refractivity contribution in [2.24, 2.45) is 22.7 Å². The van der Waals surface area contributed by atoms with Gasteiger partial charge in [-0.2, -0.15) is 0 Å². The highest BCUT2D eigenvalue weighted by atomic mass is 16.4. The van der Waals surface area contributed by atoms with E-state index in [0.29, 0.717) is 6.42 Å². The van der Waals surface area contributed by atoms with Crippen LogP contribution in [0.3, 0.4) is 0 Å². The van der Waals surface area contributed by atoms with Gasteiger partial charge in [-0.1, -0.05) is 33.8 Å². The normalized spacial score (nSPS) is 37.2. The van der Waals surface area contributed by atoms with Crippen molar-refractivity contribution in [3.63, 3.8) is 0 Å². The Morgan fingerprint density at radius 2 is 2.11 bits per heavy atom. The molecule has 18 heavy (non-hydrogen) atoms. The van der Waals surface area contributed by atoms with Crippen molar-refractivity contribution in [3.8, 4) is 0 Å². The van der Waals surface area contributed by atoms with Crippen LogP contribution < -0.4 is 0 Å². The van der Waals surface area contributed by atoms with Crippen molar-refractivity contribution in [2.75, 3.05) is 0 Å². The van der Waals surface area contributed by atoms with Gasteiger partial charge in [-0.05, 0) is 36.2 Å². The fourth-order valence-electron chi connectivity index (χ4n) is 3.70. The SMILES string of the molecule is CC[C@H](/C=C1/C(=O)[C@@]2(C)CC[C@@H]1C2(C)C)C(=O)O. The van der Waals surface area contributed by atoms with E-state index >= 15 is 0 Å². The second-order valence-corrected chi connectivity index (χ2v) is 6.45. The van der Waals surface area contributed by atoms with Gasteiger partial charge in [0, 0.05) is 5.41 Å². The number of Topliss-reactive ketones (excluding diaryl/α,β-unsaturated/α-hetero) is 1. The summed E-state index contributed by atoms with van der Waals surface area (Å²) in [4.78, 5) is 23.6. The molecule has 0 aromatic heterocycles.